The number of fused-ring (bicyclic) bond motifs is 1. The molecular formula is C23H21F3N6O3. The highest BCUT2D eigenvalue weighted by Crippen LogP contribution is 2.30. The number of halogens is 3. The summed E-state index contributed by atoms with van der Waals surface area (Å²) >= 11 is 0. The number of pyridine rings is 1. The Kier molecular flexibility index (Phi) is 6.29. The van der Waals surface area contributed by atoms with Crippen molar-refractivity contribution in [1.82, 2.24) is 29.3 Å². The molecule has 4 rings (SSSR count). The number of rotatable bonds is 7. The van der Waals surface area contributed by atoms with Gasteiger partial charge in [-0.15, -0.1) is 5.10 Å². The lowest BCUT2D eigenvalue weighted by Crippen LogP contribution is -2.33. The van der Waals surface area contributed by atoms with Gasteiger partial charge in [-0.25, -0.2) is 14.2 Å². The van der Waals surface area contributed by atoms with Crippen molar-refractivity contribution in [2.24, 2.45) is 0 Å². The number of Topliss-reactive ketones (excluding diaryl/α,β-unsaturated/α-hetero) is 1. The Labute approximate surface area is 196 Å². The second kappa shape index (κ2) is 9.20. The Bertz CT molecular complexity index is 1480. The summed E-state index contributed by atoms with van der Waals surface area (Å²) in [6.07, 6.45) is -2.57. The van der Waals surface area contributed by atoms with E-state index >= 15 is 0 Å². The number of carbonyl (C=O) groups is 2. The van der Waals surface area contributed by atoms with Crippen LogP contribution < -0.4 is 11.0 Å². The highest BCUT2D eigenvalue weighted by Gasteiger charge is 2.31. The summed E-state index contributed by atoms with van der Waals surface area (Å²) in [6, 6.07) is 9.72. The molecule has 0 atom stereocenters. The molecule has 0 unspecified atom stereocenters. The summed E-state index contributed by atoms with van der Waals surface area (Å²) in [4.78, 5) is 37.5. The van der Waals surface area contributed by atoms with E-state index in [9.17, 15) is 27.6 Å². The number of aryl methyl sites for hydroxylation is 2. The SMILES string of the molecule is Cc1nn(-c2cccc(C(F)(F)F)c2)c(C)c1C(=O)C(=O)NCCCn1nc2ccccn2c1=O. The number of amides is 1. The Morgan fingerprint density at radius 3 is 2.54 bits per heavy atom. The third-order valence-corrected chi connectivity index (χ3v) is 5.46. The Balaban J connectivity index is 1.43. The zero-order valence-corrected chi connectivity index (χ0v) is 18.8. The van der Waals surface area contributed by atoms with Crippen LogP contribution in [-0.2, 0) is 17.5 Å². The van der Waals surface area contributed by atoms with Crippen LogP contribution in [0, 0.1) is 13.8 Å². The van der Waals surface area contributed by atoms with Gasteiger partial charge in [0.2, 0.25) is 0 Å². The topological polar surface area (TPSA) is 103 Å². The van der Waals surface area contributed by atoms with Gasteiger partial charge in [-0.1, -0.05) is 12.1 Å². The van der Waals surface area contributed by atoms with E-state index < -0.39 is 23.4 Å². The minimum atomic E-state index is -4.53. The van der Waals surface area contributed by atoms with Gasteiger partial charge >= 0.3 is 11.9 Å². The van der Waals surface area contributed by atoms with E-state index in [1.807, 2.05) is 0 Å². The maximum absolute atomic E-state index is 13.1. The van der Waals surface area contributed by atoms with Crippen molar-refractivity contribution in [3.05, 3.63) is 81.7 Å². The molecule has 35 heavy (non-hydrogen) atoms. The first-order chi connectivity index (χ1) is 16.6. The smallest absolute Gasteiger partial charge is 0.349 e. The molecule has 0 aliphatic rings. The number of hydrogen-bond donors (Lipinski definition) is 1. The van der Waals surface area contributed by atoms with Crippen molar-refractivity contribution in [3.63, 3.8) is 0 Å². The van der Waals surface area contributed by atoms with Crippen LogP contribution in [0.4, 0.5) is 13.2 Å². The molecule has 182 valence electrons. The van der Waals surface area contributed by atoms with Crippen molar-refractivity contribution in [2.75, 3.05) is 6.54 Å². The molecule has 0 radical (unpaired) electrons. The number of ketones is 1. The first kappa shape index (κ1) is 23.9. The van der Waals surface area contributed by atoms with E-state index in [4.69, 9.17) is 0 Å². The molecule has 0 spiro atoms. The number of hydrogen-bond acceptors (Lipinski definition) is 5. The number of carbonyl (C=O) groups excluding carboxylic acids is 2. The minimum absolute atomic E-state index is 0.0245. The molecule has 3 aromatic heterocycles. The summed E-state index contributed by atoms with van der Waals surface area (Å²) in [5.74, 6) is -1.72. The van der Waals surface area contributed by atoms with Crippen LogP contribution in [0.2, 0.25) is 0 Å². The molecule has 1 amide bonds. The maximum Gasteiger partial charge on any atom is 0.416 e. The summed E-state index contributed by atoms with van der Waals surface area (Å²) in [5.41, 5.74) is -0.0432. The summed E-state index contributed by atoms with van der Waals surface area (Å²) in [6.45, 7) is 3.37. The molecule has 0 saturated carbocycles. The van der Waals surface area contributed by atoms with Gasteiger partial charge in [-0.2, -0.15) is 18.3 Å². The van der Waals surface area contributed by atoms with Gasteiger partial charge in [0, 0.05) is 19.3 Å². The largest absolute Gasteiger partial charge is 0.416 e. The first-order valence-corrected chi connectivity index (χ1v) is 10.7. The fourth-order valence-electron chi connectivity index (χ4n) is 3.78. The van der Waals surface area contributed by atoms with Crippen LogP contribution in [-0.4, -0.2) is 42.2 Å². The first-order valence-electron chi connectivity index (χ1n) is 10.7. The number of nitrogens with zero attached hydrogens (tertiary/aromatic N) is 5. The lowest BCUT2D eigenvalue weighted by molar-refractivity contribution is -0.137. The molecule has 12 heteroatoms. The Morgan fingerprint density at radius 2 is 1.83 bits per heavy atom. The number of aromatic nitrogens is 5. The molecule has 0 fully saturated rings. The van der Waals surface area contributed by atoms with Crippen molar-refractivity contribution >= 4 is 17.3 Å². The van der Waals surface area contributed by atoms with Crippen molar-refractivity contribution in [1.29, 1.82) is 0 Å². The molecule has 0 bridgehead atoms. The lowest BCUT2D eigenvalue weighted by atomic mass is 10.1. The zero-order chi connectivity index (χ0) is 25.3. The van der Waals surface area contributed by atoms with Crippen LogP contribution in [0.25, 0.3) is 11.3 Å². The van der Waals surface area contributed by atoms with E-state index in [-0.39, 0.29) is 41.4 Å². The number of nitrogens with one attached hydrogen (secondary N) is 1. The van der Waals surface area contributed by atoms with E-state index in [1.54, 1.807) is 24.4 Å². The highest BCUT2D eigenvalue weighted by molar-refractivity contribution is 6.43. The van der Waals surface area contributed by atoms with Crippen LogP contribution >= 0.6 is 0 Å². The molecule has 4 aromatic rings. The fraction of sp³-hybridized carbons (Fsp3) is 0.261. The second-order valence-electron chi connectivity index (χ2n) is 7.88. The van der Waals surface area contributed by atoms with Gasteiger partial charge in [0.15, 0.2) is 5.65 Å². The van der Waals surface area contributed by atoms with Gasteiger partial charge in [-0.05, 0) is 50.6 Å². The molecule has 1 aromatic carbocycles. The third kappa shape index (κ3) is 4.72. The average molecular weight is 486 g/mol. The molecular weight excluding hydrogens is 465 g/mol. The molecule has 3 heterocycles. The molecule has 0 saturated heterocycles. The predicted octanol–water partition coefficient (Wildman–Crippen LogP) is 2.71. The van der Waals surface area contributed by atoms with Crippen LogP contribution in [0.5, 0.6) is 0 Å². The summed E-state index contributed by atoms with van der Waals surface area (Å²) in [5, 5.41) is 10.9. The van der Waals surface area contributed by atoms with E-state index in [2.05, 4.69) is 15.5 Å². The summed E-state index contributed by atoms with van der Waals surface area (Å²) < 4.78 is 43.1. The van der Waals surface area contributed by atoms with Crippen molar-refractivity contribution in [2.45, 2.75) is 33.0 Å². The normalized spacial score (nSPS) is 11.7. The molecule has 0 aliphatic heterocycles. The highest BCUT2D eigenvalue weighted by atomic mass is 19.4. The Morgan fingerprint density at radius 1 is 1.06 bits per heavy atom. The maximum atomic E-state index is 13.1. The van der Waals surface area contributed by atoms with Crippen LogP contribution in [0.15, 0.2) is 53.5 Å². The zero-order valence-electron chi connectivity index (χ0n) is 18.8. The lowest BCUT2D eigenvalue weighted by Gasteiger charge is -2.10. The van der Waals surface area contributed by atoms with Gasteiger partial charge in [0.1, 0.15) is 0 Å². The third-order valence-electron chi connectivity index (χ3n) is 5.46. The van der Waals surface area contributed by atoms with Crippen molar-refractivity contribution in [3.8, 4) is 5.69 Å². The number of alkyl halides is 3. The van der Waals surface area contributed by atoms with E-state index in [1.165, 1.54) is 39.7 Å². The second-order valence-corrected chi connectivity index (χ2v) is 7.88. The fourth-order valence-corrected chi connectivity index (χ4v) is 3.78. The molecule has 0 aliphatic carbocycles. The van der Waals surface area contributed by atoms with Gasteiger partial charge in [0.05, 0.1) is 28.2 Å². The van der Waals surface area contributed by atoms with Crippen LogP contribution in [0.1, 0.15) is 33.7 Å². The van der Waals surface area contributed by atoms with Gasteiger partial charge in [0.25, 0.3) is 11.7 Å². The van der Waals surface area contributed by atoms with Crippen LogP contribution in [0.3, 0.4) is 0 Å². The quantitative estimate of drug-likeness (QED) is 0.246. The van der Waals surface area contributed by atoms with E-state index in [0.29, 0.717) is 12.1 Å². The monoisotopic (exact) mass is 486 g/mol. The van der Waals surface area contributed by atoms with Gasteiger partial charge in [-0.3, -0.25) is 14.0 Å². The molecule has 9 nitrogen and oxygen atoms in total. The average Bonchev–Trinajstić information content (AvgIpc) is 3.31. The Hall–Kier alpha value is -4.22. The predicted molar refractivity (Wildman–Crippen MR) is 119 cm³/mol. The minimum Gasteiger partial charge on any atom is -0.349 e. The number of benzene rings is 1. The van der Waals surface area contributed by atoms with Gasteiger partial charge < -0.3 is 5.32 Å². The standard InChI is InChI=1S/C23H21F3N6O3/c1-14-19(15(2)32(28-14)17-8-5-7-16(13-17)23(24,25)26)20(33)21(34)27-10-6-12-31-22(35)30-11-4-3-9-18(30)29-31/h3-5,7-9,11,13H,6,10,12H2,1-2H3,(H,27,34). The van der Waals surface area contributed by atoms with E-state index in [0.717, 1.165) is 12.1 Å². The molecule has 1 N–H and O–H groups in total. The van der Waals surface area contributed by atoms with Crippen molar-refractivity contribution < 1.29 is 22.8 Å². The summed E-state index contributed by atoms with van der Waals surface area (Å²) in [7, 11) is 0.